The Labute approximate surface area is 114 Å². The molecular weight excluding hydrogens is 164 g/mol. The van der Waals surface area contributed by atoms with Crippen molar-refractivity contribution in [3.8, 4) is 0 Å². The minimum absolute atomic E-state index is 0. The second-order valence-corrected chi connectivity index (χ2v) is 1.54. The molecule has 0 aromatic carbocycles. The second kappa shape index (κ2) is 10.1. The minimum atomic E-state index is -4.64. The Morgan fingerprint density at radius 3 is 0.875 bits per heavy atom. The number of phosphoric acid groups is 1. The summed E-state index contributed by atoms with van der Waals surface area (Å²) in [5.41, 5.74) is 0. The van der Waals surface area contributed by atoms with Crippen molar-refractivity contribution >= 4 is 96.5 Å². The van der Waals surface area contributed by atoms with Crippen LogP contribution in [0.3, 0.4) is 0 Å². The van der Waals surface area contributed by atoms with Gasteiger partial charge in [0.1, 0.15) is 0 Å². The Bertz CT molecular complexity index is 57.4. The van der Waals surface area contributed by atoms with E-state index in [0.29, 0.717) is 0 Å². The molecular formula is H6Na3O4P. The first-order chi connectivity index (χ1) is 2.00. The van der Waals surface area contributed by atoms with Crippen LogP contribution in [0, 0.1) is 0 Å². The summed E-state index contributed by atoms with van der Waals surface area (Å²) < 4.78 is 8.88. The Hall–Kier alpha value is 3.11. The molecule has 0 fully saturated rings. The van der Waals surface area contributed by atoms with Gasteiger partial charge in [-0.15, -0.1) is 0 Å². The van der Waals surface area contributed by atoms with E-state index in [9.17, 15) is 0 Å². The van der Waals surface area contributed by atoms with Crippen molar-refractivity contribution < 1.29 is 19.2 Å². The predicted octanol–water partition coefficient (Wildman–Crippen LogP) is -2.87. The van der Waals surface area contributed by atoms with Gasteiger partial charge in [-0.3, -0.25) is 0 Å². The molecule has 8 heteroatoms. The van der Waals surface area contributed by atoms with Crippen LogP contribution in [0.5, 0.6) is 0 Å². The molecule has 8 heavy (non-hydrogen) atoms. The average Bonchev–Trinajstić information content (AvgIpc) is 0.722. The van der Waals surface area contributed by atoms with Gasteiger partial charge >= 0.3 is 96.5 Å². The summed E-state index contributed by atoms with van der Waals surface area (Å²) in [7, 11) is -4.64. The molecule has 0 saturated carbocycles. The average molecular weight is 170 g/mol. The third-order valence-corrected chi connectivity index (χ3v) is 0. The molecule has 0 saturated heterocycles. The zero-order chi connectivity index (χ0) is 4.50. The van der Waals surface area contributed by atoms with Crippen molar-refractivity contribution in [1.82, 2.24) is 0 Å². The van der Waals surface area contributed by atoms with Crippen molar-refractivity contribution in [3.63, 3.8) is 0 Å². The van der Waals surface area contributed by atoms with Gasteiger partial charge in [0.05, 0.1) is 0 Å². The maximum atomic E-state index is 8.88. The van der Waals surface area contributed by atoms with Crippen LogP contribution in [-0.4, -0.2) is 103 Å². The first-order valence-electron chi connectivity index (χ1n) is 0.783. The molecule has 0 aliphatic heterocycles. The van der Waals surface area contributed by atoms with E-state index in [1.807, 2.05) is 0 Å². The quantitative estimate of drug-likeness (QED) is 0.269. The molecule has 0 bridgehead atoms. The summed E-state index contributed by atoms with van der Waals surface area (Å²) in [5, 5.41) is 0. The van der Waals surface area contributed by atoms with E-state index in [1.54, 1.807) is 0 Å². The topological polar surface area (TPSA) is 77.8 Å². The van der Waals surface area contributed by atoms with E-state index in [0.717, 1.165) is 0 Å². The van der Waals surface area contributed by atoms with E-state index in [2.05, 4.69) is 0 Å². The van der Waals surface area contributed by atoms with Gasteiger partial charge in [-0.05, 0) is 0 Å². The molecule has 0 amide bonds. The SMILES string of the molecule is O=P(O)(O)O.[NaH].[NaH].[NaH]. The Morgan fingerprint density at radius 2 is 0.875 bits per heavy atom. The van der Waals surface area contributed by atoms with E-state index in [1.165, 1.54) is 0 Å². The van der Waals surface area contributed by atoms with Crippen molar-refractivity contribution in [2.45, 2.75) is 0 Å². The molecule has 0 rings (SSSR count). The zero-order valence-corrected chi connectivity index (χ0v) is 3.09. The third-order valence-electron chi connectivity index (χ3n) is 0. The Morgan fingerprint density at radius 1 is 0.875 bits per heavy atom. The molecule has 38 valence electrons. The normalized spacial score (nSPS) is 7.38. The number of hydrogen-bond acceptors (Lipinski definition) is 1. The van der Waals surface area contributed by atoms with Gasteiger partial charge in [0.2, 0.25) is 0 Å². The van der Waals surface area contributed by atoms with E-state index < -0.39 is 7.82 Å². The van der Waals surface area contributed by atoms with Gasteiger partial charge in [0.25, 0.3) is 0 Å². The monoisotopic (exact) mass is 170 g/mol. The standard InChI is InChI=1S/3Na.H3O4P.3H/c;;;1-5(2,3)4;;;/h;;;(H3,1,2,3,4);;;. The van der Waals surface area contributed by atoms with Gasteiger partial charge in [-0.1, -0.05) is 0 Å². The fourth-order valence-corrected chi connectivity index (χ4v) is 0. The Balaban J connectivity index is -0.0000000267. The van der Waals surface area contributed by atoms with E-state index >= 15 is 0 Å². The molecule has 3 N–H and O–H groups in total. The van der Waals surface area contributed by atoms with Gasteiger partial charge in [-0.25, -0.2) is 4.57 Å². The van der Waals surface area contributed by atoms with E-state index in [-0.39, 0.29) is 88.7 Å². The van der Waals surface area contributed by atoms with Crippen LogP contribution in [0.25, 0.3) is 0 Å². The fourth-order valence-electron chi connectivity index (χ4n) is 0. The van der Waals surface area contributed by atoms with Crippen LogP contribution in [0.1, 0.15) is 0 Å². The molecule has 0 aromatic heterocycles. The second-order valence-electron chi connectivity index (χ2n) is 0.513. The molecule has 0 unspecified atom stereocenters. The molecule has 0 spiro atoms. The number of rotatable bonds is 0. The molecule has 0 radical (unpaired) electrons. The first kappa shape index (κ1) is 22.5. The van der Waals surface area contributed by atoms with Crippen molar-refractivity contribution in [2.75, 3.05) is 0 Å². The van der Waals surface area contributed by atoms with Crippen molar-refractivity contribution in [2.24, 2.45) is 0 Å². The molecule has 0 aromatic rings. The van der Waals surface area contributed by atoms with Crippen LogP contribution in [0.15, 0.2) is 0 Å². The molecule has 4 nitrogen and oxygen atoms in total. The third kappa shape index (κ3) is 61.9. The molecule has 0 aliphatic rings. The van der Waals surface area contributed by atoms with E-state index in [4.69, 9.17) is 19.2 Å². The van der Waals surface area contributed by atoms with Crippen LogP contribution >= 0.6 is 7.82 Å². The van der Waals surface area contributed by atoms with Crippen molar-refractivity contribution in [1.29, 1.82) is 0 Å². The fraction of sp³-hybridized carbons (Fsp3) is 0. The predicted molar refractivity (Wildman–Crippen MR) is 35.7 cm³/mol. The van der Waals surface area contributed by atoms with Crippen LogP contribution in [0.2, 0.25) is 0 Å². The summed E-state index contributed by atoms with van der Waals surface area (Å²) in [6.45, 7) is 0. The summed E-state index contributed by atoms with van der Waals surface area (Å²) in [4.78, 5) is 21.6. The molecule has 0 aliphatic carbocycles. The van der Waals surface area contributed by atoms with Gasteiger partial charge in [-0.2, -0.15) is 0 Å². The van der Waals surface area contributed by atoms with Gasteiger partial charge in [0, 0.05) is 0 Å². The summed E-state index contributed by atoms with van der Waals surface area (Å²) in [6, 6.07) is 0. The summed E-state index contributed by atoms with van der Waals surface area (Å²) >= 11 is 0. The van der Waals surface area contributed by atoms with Gasteiger partial charge in [0.15, 0.2) is 0 Å². The summed E-state index contributed by atoms with van der Waals surface area (Å²) in [6.07, 6.45) is 0. The summed E-state index contributed by atoms with van der Waals surface area (Å²) in [5.74, 6) is 0. The molecule has 0 atom stereocenters. The number of hydrogen-bond donors (Lipinski definition) is 3. The van der Waals surface area contributed by atoms with Crippen molar-refractivity contribution in [3.05, 3.63) is 0 Å². The van der Waals surface area contributed by atoms with Gasteiger partial charge < -0.3 is 14.7 Å². The zero-order valence-electron chi connectivity index (χ0n) is 2.20. The van der Waals surface area contributed by atoms with Crippen LogP contribution in [0.4, 0.5) is 0 Å². The Kier molecular flexibility index (Phi) is 28.4. The maximum absolute atomic E-state index is 8.88. The van der Waals surface area contributed by atoms with Crippen LogP contribution < -0.4 is 0 Å². The first-order valence-corrected chi connectivity index (χ1v) is 2.35. The van der Waals surface area contributed by atoms with Crippen LogP contribution in [-0.2, 0) is 4.57 Å². The molecule has 0 heterocycles.